The summed E-state index contributed by atoms with van der Waals surface area (Å²) in [6, 6.07) is 5.20. The number of imidazole rings is 2. The summed E-state index contributed by atoms with van der Waals surface area (Å²) in [5, 5.41) is 8.99. The van der Waals surface area contributed by atoms with Crippen molar-refractivity contribution in [2.75, 3.05) is 0 Å². The van der Waals surface area contributed by atoms with Crippen LogP contribution in [0, 0.1) is 0 Å². The summed E-state index contributed by atoms with van der Waals surface area (Å²) >= 11 is 0. The molecule has 20 heavy (non-hydrogen) atoms. The van der Waals surface area contributed by atoms with E-state index in [0.29, 0.717) is 5.52 Å². The molecule has 1 atom stereocenters. The fraction of sp³-hybridized carbons (Fsp3) is 0.214. The number of aromatic carboxylic acids is 1. The molecule has 1 unspecified atom stereocenters. The second kappa shape index (κ2) is 4.80. The van der Waals surface area contributed by atoms with E-state index in [2.05, 4.69) is 16.9 Å². The maximum absolute atomic E-state index is 11.0. The zero-order valence-electron chi connectivity index (χ0n) is 11.0. The van der Waals surface area contributed by atoms with Gasteiger partial charge in [-0.15, -0.1) is 0 Å². The first-order valence-corrected chi connectivity index (χ1v) is 6.31. The van der Waals surface area contributed by atoms with Gasteiger partial charge in [-0.1, -0.05) is 0 Å². The molecule has 102 valence electrons. The number of aromatic nitrogens is 4. The lowest BCUT2D eigenvalue weighted by Gasteiger charge is -2.15. The molecule has 3 rings (SSSR count). The van der Waals surface area contributed by atoms with Crippen molar-refractivity contribution in [3.05, 3.63) is 48.8 Å². The Bertz CT molecular complexity index is 746. The highest BCUT2D eigenvalue weighted by molar-refractivity contribution is 5.92. The lowest BCUT2D eigenvalue weighted by Crippen LogP contribution is -2.11. The van der Waals surface area contributed by atoms with Crippen molar-refractivity contribution in [2.24, 2.45) is 0 Å². The van der Waals surface area contributed by atoms with E-state index in [4.69, 9.17) is 5.11 Å². The van der Waals surface area contributed by atoms with Gasteiger partial charge in [0, 0.05) is 18.9 Å². The number of hydrogen-bond donors (Lipinski definition) is 1. The van der Waals surface area contributed by atoms with Gasteiger partial charge in [0.15, 0.2) is 0 Å². The second-order valence-electron chi connectivity index (χ2n) is 4.77. The van der Waals surface area contributed by atoms with Crippen LogP contribution < -0.4 is 0 Å². The molecule has 0 saturated heterocycles. The number of carboxylic acids is 1. The van der Waals surface area contributed by atoms with Crippen molar-refractivity contribution >= 4 is 17.0 Å². The third-order valence-corrected chi connectivity index (χ3v) is 3.33. The minimum Gasteiger partial charge on any atom is -0.478 e. The summed E-state index contributed by atoms with van der Waals surface area (Å²) in [4.78, 5) is 19.3. The van der Waals surface area contributed by atoms with Crippen LogP contribution >= 0.6 is 0 Å². The number of benzene rings is 1. The molecule has 6 nitrogen and oxygen atoms in total. The van der Waals surface area contributed by atoms with Gasteiger partial charge in [-0.3, -0.25) is 0 Å². The molecular formula is C14H14N4O2. The predicted octanol–water partition coefficient (Wildman–Crippen LogP) is 2.19. The minimum atomic E-state index is -0.937. The number of fused-ring (bicyclic) bond motifs is 1. The number of nitrogens with zero attached hydrogens (tertiary/aromatic N) is 4. The molecule has 0 radical (unpaired) electrons. The summed E-state index contributed by atoms with van der Waals surface area (Å²) in [5.74, 6) is -0.937. The van der Waals surface area contributed by atoms with Gasteiger partial charge >= 0.3 is 5.97 Å². The Kier molecular flexibility index (Phi) is 2.98. The Hall–Kier alpha value is -2.63. The maximum Gasteiger partial charge on any atom is 0.335 e. The Balaban J connectivity index is 1.94. The first-order chi connectivity index (χ1) is 9.65. The quantitative estimate of drug-likeness (QED) is 0.788. The first-order valence-electron chi connectivity index (χ1n) is 6.31. The van der Waals surface area contributed by atoms with Gasteiger partial charge in [0.05, 0.1) is 35.3 Å². The fourth-order valence-electron chi connectivity index (χ4n) is 2.30. The Labute approximate surface area is 115 Å². The smallest absolute Gasteiger partial charge is 0.335 e. The average molecular weight is 270 g/mol. The van der Waals surface area contributed by atoms with Crippen LogP contribution in [0.5, 0.6) is 0 Å². The number of carboxylic acid groups (broad SMARTS) is 1. The standard InChI is InChI=1S/C14H14N4O2/c1-10(7-17-5-4-15-8-17)18-9-16-12-6-11(14(19)20)2-3-13(12)18/h2-6,8-10H,7H2,1H3,(H,19,20). The van der Waals surface area contributed by atoms with Crippen molar-refractivity contribution in [2.45, 2.75) is 19.5 Å². The normalized spacial score (nSPS) is 12.7. The molecule has 2 heterocycles. The first kappa shape index (κ1) is 12.4. The van der Waals surface area contributed by atoms with Gasteiger partial charge in [0.1, 0.15) is 0 Å². The summed E-state index contributed by atoms with van der Waals surface area (Å²) in [7, 11) is 0. The van der Waals surface area contributed by atoms with Crippen LogP contribution in [0.25, 0.3) is 11.0 Å². The highest BCUT2D eigenvalue weighted by atomic mass is 16.4. The minimum absolute atomic E-state index is 0.199. The Morgan fingerprint density at radius 2 is 2.25 bits per heavy atom. The van der Waals surface area contributed by atoms with Crippen molar-refractivity contribution in [3.63, 3.8) is 0 Å². The van der Waals surface area contributed by atoms with Crippen LogP contribution in [-0.4, -0.2) is 30.2 Å². The van der Waals surface area contributed by atoms with Gasteiger partial charge in [0.25, 0.3) is 0 Å². The second-order valence-corrected chi connectivity index (χ2v) is 4.77. The van der Waals surface area contributed by atoms with Crippen molar-refractivity contribution < 1.29 is 9.90 Å². The summed E-state index contributed by atoms with van der Waals surface area (Å²) < 4.78 is 4.04. The van der Waals surface area contributed by atoms with Gasteiger partial charge < -0.3 is 14.2 Å². The van der Waals surface area contributed by atoms with Crippen LogP contribution in [0.15, 0.2) is 43.2 Å². The molecule has 0 bridgehead atoms. The summed E-state index contributed by atoms with van der Waals surface area (Å²) in [6.45, 7) is 2.87. The van der Waals surface area contributed by atoms with Crippen molar-refractivity contribution in [1.82, 2.24) is 19.1 Å². The molecule has 0 spiro atoms. The Morgan fingerprint density at radius 3 is 2.95 bits per heavy atom. The third-order valence-electron chi connectivity index (χ3n) is 3.33. The van der Waals surface area contributed by atoms with Crippen molar-refractivity contribution in [3.8, 4) is 0 Å². The largest absolute Gasteiger partial charge is 0.478 e. The highest BCUT2D eigenvalue weighted by Gasteiger charge is 2.12. The predicted molar refractivity (Wildman–Crippen MR) is 73.6 cm³/mol. The molecule has 0 fully saturated rings. The fourth-order valence-corrected chi connectivity index (χ4v) is 2.30. The van der Waals surface area contributed by atoms with E-state index in [1.807, 2.05) is 15.3 Å². The van der Waals surface area contributed by atoms with Gasteiger partial charge in [-0.05, 0) is 25.1 Å². The van der Waals surface area contributed by atoms with Crippen LogP contribution in [0.3, 0.4) is 0 Å². The van der Waals surface area contributed by atoms with Crippen molar-refractivity contribution in [1.29, 1.82) is 0 Å². The molecule has 0 aliphatic carbocycles. The zero-order valence-corrected chi connectivity index (χ0v) is 11.0. The molecule has 1 N–H and O–H groups in total. The van der Waals surface area contributed by atoms with Crippen LogP contribution in [0.1, 0.15) is 23.3 Å². The molecule has 3 aromatic rings. The third kappa shape index (κ3) is 2.16. The number of carbonyl (C=O) groups is 1. The summed E-state index contributed by atoms with van der Waals surface area (Å²) in [5.41, 5.74) is 1.88. The lowest BCUT2D eigenvalue weighted by molar-refractivity contribution is 0.0697. The van der Waals surface area contributed by atoms with Crippen LogP contribution in [-0.2, 0) is 6.54 Å². The monoisotopic (exact) mass is 270 g/mol. The lowest BCUT2D eigenvalue weighted by atomic mass is 10.2. The van der Waals surface area contributed by atoms with E-state index >= 15 is 0 Å². The van der Waals surface area contributed by atoms with E-state index < -0.39 is 5.97 Å². The van der Waals surface area contributed by atoms with Gasteiger partial charge in [0.2, 0.25) is 0 Å². The highest BCUT2D eigenvalue weighted by Crippen LogP contribution is 2.20. The number of hydrogen-bond acceptors (Lipinski definition) is 3. The van der Waals surface area contributed by atoms with E-state index in [-0.39, 0.29) is 11.6 Å². The molecular weight excluding hydrogens is 256 g/mol. The van der Waals surface area contributed by atoms with E-state index in [1.54, 1.807) is 37.1 Å². The maximum atomic E-state index is 11.0. The van der Waals surface area contributed by atoms with Gasteiger partial charge in [-0.25, -0.2) is 14.8 Å². The molecule has 2 aromatic heterocycles. The van der Waals surface area contributed by atoms with Gasteiger partial charge in [-0.2, -0.15) is 0 Å². The SMILES string of the molecule is CC(Cn1ccnc1)n1cnc2cc(C(=O)O)ccc21. The number of rotatable bonds is 4. The zero-order chi connectivity index (χ0) is 14.1. The summed E-state index contributed by atoms with van der Waals surface area (Å²) in [6.07, 6.45) is 7.19. The molecule has 0 aliphatic rings. The van der Waals surface area contributed by atoms with Crippen LogP contribution in [0.4, 0.5) is 0 Å². The van der Waals surface area contributed by atoms with E-state index in [1.165, 1.54) is 0 Å². The van der Waals surface area contributed by atoms with Crippen LogP contribution in [0.2, 0.25) is 0 Å². The Morgan fingerprint density at radius 1 is 1.40 bits per heavy atom. The molecule has 0 aliphatic heterocycles. The topological polar surface area (TPSA) is 72.9 Å². The van der Waals surface area contributed by atoms with E-state index in [9.17, 15) is 4.79 Å². The molecule has 6 heteroatoms. The molecule has 1 aromatic carbocycles. The molecule has 0 saturated carbocycles. The average Bonchev–Trinajstić information content (AvgIpc) is 3.06. The molecule has 0 amide bonds. The van der Waals surface area contributed by atoms with E-state index in [0.717, 1.165) is 12.1 Å².